The summed E-state index contributed by atoms with van der Waals surface area (Å²) in [5.41, 5.74) is 0. The third-order valence-corrected chi connectivity index (χ3v) is 10.6. The van der Waals surface area contributed by atoms with Crippen molar-refractivity contribution in [1.29, 1.82) is 2.61 Å². The molecule has 301 valence electrons. The fourth-order valence-electron chi connectivity index (χ4n) is 6.62. The molecule has 0 aromatic heterocycles. The Morgan fingerprint density at radius 1 is 0.745 bits per heavy atom. The Kier molecular flexibility index (Phi) is 37.5. The summed E-state index contributed by atoms with van der Waals surface area (Å²) in [5, 5.41) is 3.19. The topological polar surface area (TPSA) is 77.1 Å². The zero-order valence-electron chi connectivity index (χ0n) is 35.9. The van der Waals surface area contributed by atoms with Gasteiger partial charge in [-0.15, -0.1) is 0 Å². The average molecular weight is 761 g/mol. The number of amides is 1. The number of rotatable bonds is 42. The van der Waals surface area contributed by atoms with E-state index in [0.717, 1.165) is 64.1 Å². The normalized spacial score (nSPS) is 13.8. The number of esters is 1. The highest BCUT2D eigenvalue weighted by molar-refractivity contribution is 8.53. The van der Waals surface area contributed by atoms with Gasteiger partial charge in [-0.3, -0.25) is 14.5 Å². The first-order chi connectivity index (χ1) is 25.9. The van der Waals surface area contributed by atoms with Crippen molar-refractivity contribution in [3.05, 3.63) is 0 Å². The first kappa shape index (κ1) is 46.8. The maximum Gasteiger partial charge on any atom is 0.306 e. The van der Waals surface area contributed by atoms with Crippen LogP contribution in [0.4, 0.5) is 0 Å². The number of carbonyl (C=O) groups excluding carboxylic acids is 2. The summed E-state index contributed by atoms with van der Waals surface area (Å²) in [6, 6.07) is -0.284. The molecule has 0 fully saturated rings. The van der Waals surface area contributed by atoms with E-state index in [2.05, 4.69) is 31.0 Å². The van der Waals surface area contributed by atoms with Crippen LogP contribution in [0.15, 0.2) is 0 Å². The predicted molar refractivity (Wildman–Crippen MR) is 225 cm³/mol. The van der Waals surface area contributed by atoms with Crippen LogP contribution in [-0.2, 0) is 23.2 Å². The third kappa shape index (κ3) is 36.4. The molecular formula is C41H83BN2O5PS. The van der Waals surface area contributed by atoms with Crippen molar-refractivity contribution >= 4 is 38.7 Å². The zero-order chi connectivity index (χ0) is 39.0. The lowest BCUT2D eigenvalue weighted by Gasteiger charge is -2.29. The summed E-state index contributed by atoms with van der Waals surface area (Å²) in [6.45, 7) is 8.55. The molecule has 0 aliphatic rings. The molecule has 0 saturated heterocycles. The van der Waals surface area contributed by atoms with E-state index in [4.69, 9.17) is 16.3 Å². The highest BCUT2D eigenvalue weighted by Gasteiger charge is 2.21. The monoisotopic (exact) mass is 761 g/mol. The van der Waals surface area contributed by atoms with Crippen LogP contribution in [0.1, 0.15) is 207 Å². The second-order valence-corrected chi connectivity index (χ2v) is 16.4. The summed E-state index contributed by atoms with van der Waals surface area (Å²) in [4.78, 5) is 28.1. The number of methoxy groups -OCH3 is 1. The Labute approximate surface area is 326 Å². The molecule has 1 amide bonds. The van der Waals surface area contributed by atoms with Gasteiger partial charge in [-0.1, -0.05) is 170 Å². The Balaban J connectivity index is 4.98. The van der Waals surface area contributed by atoms with Crippen LogP contribution in [0.2, 0.25) is 0 Å². The smallest absolute Gasteiger partial charge is 0.306 e. The van der Waals surface area contributed by atoms with Gasteiger partial charge in [0.05, 0.1) is 20.7 Å². The Bertz CT molecular complexity index is 813. The van der Waals surface area contributed by atoms with Crippen molar-refractivity contribution in [2.75, 3.05) is 33.5 Å². The number of unbranched alkanes of at least 4 members (excludes halogenated alkanes) is 22. The molecule has 7 nitrogen and oxygen atoms in total. The molecule has 51 heavy (non-hydrogen) atoms. The van der Waals surface area contributed by atoms with E-state index in [1.165, 1.54) is 122 Å². The molecule has 0 saturated carbocycles. The predicted octanol–water partition coefficient (Wildman–Crippen LogP) is 11.7. The second-order valence-electron chi connectivity index (χ2n) is 14.7. The van der Waals surface area contributed by atoms with Crippen LogP contribution in [0.25, 0.3) is 0 Å². The second kappa shape index (κ2) is 40.8. The van der Waals surface area contributed by atoms with Gasteiger partial charge in [0.15, 0.2) is 0 Å². The van der Waals surface area contributed by atoms with Gasteiger partial charge in [0.25, 0.3) is 0 Å². The number of hydrogen-bond donors (Lipinski definition) is 1. The van der Waals surface area contributed by atoms with E-state index >= 15 is 0 Å². The van der Waals surface area contributed by atoms with Crippen LogP contribution < -0.4 is 5.32 Å². The largest absolute Gasteiger partial charge is 0.462 e. The number of hydrogen-bond acceptors (Lipinski definition) is 7. The average Bonchev–Trinajstić information content (AvgIpc) is 3.14. The quantitative estimate of drug-likeness (QED) is 0.0166. The van der Waals surface area contributed by atoms with Crippen LogP contribution in [0.5, 0.6) is 0 Å². The minimum atomic E-state index is -1.44. The van der Waals surface area contributed by atoms with Gasteiger partial charge in [0.2, 0.25) is 5.91 Å². The van der Waals surface area contributed by atoms with E-state index in [-0.39, 0.29) is 30.6 Å². The molecule has 0 aromatic carbocycles. The lowest BCUT2D eigenvalue weighted by atomic mass is 10.0. The Morgan fingerprint density at radius 2 is 1.24 bits per heavy atom. The molecule has 1 N–H and O–H groups in total. The van der Waals surface area contributed by atoms with E-state index < -0.39 is 7.61 Å². The summed E-state index contributed by atoms with van der Waals surface area (Å²) < 4.78 is 32.6. The molecule has 0 aliphatic carbocycles. The Morgan fingerprint density at radius 3 is 1.75 bits per heavy atom. The van der Waals surface area contributed by atoms with Crippen molar-refractivity contribution in [2.45, 2.75) is 219 Å². The van der Waals surface area contributed by atoms with E-state index in [1.807, 2.05) is 0 Å². The number of ether oxygens (including phenoxy) is 2. The van der Waals surface area contributed by atoms with E-state index in [1.54, 1.807) is 7.11 Å². The van der Waals surface area contributed by atoms with Gasteiger partial charge < -0.3 is 19.0 Å². The van der Waals surface area contributed by atoms with Crippen molar-refractivity contribution in [1.82, 2.24) is 10.2 Å². The standard InChI is InChI=1S/C41H83BN2O5PS/c1-5-8-11-14-16-18-19-21-22-25-28-31-40(45)43-38(36-48-51-50-42)35-44(37-47-4)34-33-39(30-27-24-13-10-7-3)49-41(46)32-29-26-23-20-17-15-12-9-6-2/h38-39,42,50H,5-37H2,1-4H3,(H,43,45)/t38-,39-,50?/m1/s1/i42T,50D. The fraction of sp³-hybridized carbons (Fsp3) is 0.951. The number of nitrogens with zero attached hydrogens (tertiary/aromatic N) is 1. The molecular weight excluding hydrogens is 674 g/mol. The van der Waals surface area contributed by atoms with E-state index in [9.17, 15) is 9.59 Å². The molecule has 0 aliphatic heterocycles. The molecule has 1 radical (unpaired) electrons. The first-order valence-electron chi connectivity index (χ1n) is 22.4. The molecule has 0 heterocycles. The van der Waals surface area contributed by atoms with Gasteiger partial charge >= 0.3 is 5.97 Å². The lowest BCUT2D eigenvalue weighted by Crippen LogP contribution is -2.47. The van der Waals surface area contributed by atoms with Gasteiger partial charge in [0.1, 0.15) is 13.6 Å². The summed E-state index contributed by atoms with van der Waals surface area (Å²) in [6.07, 6.45) is 32.9. The first-order valence-corrected chi connectivity index (χ1v) is 23.7. The highest BCUT2D eigenvalue weighted by atomic mass is 32.7. The molecule has 10 heteroatoms. The Hall–Kier alpha value is -0.335. The van der Waals surface area contributed by atoms with E-state index in [0.29, 0.717) is 39.1 Å². The minimum Gasteiger partial charge on any atom is -0.462 e. The van der Waals surface area contributed by atoms with Gasteiger partial charge in [-0.05, 0) is 33.4 Å². The zero-order valence-corrected chi connectivity index (χ0v) is 35.6. The van der Waals surface area contributed by atoms with Gasteiger partial charge in [0, 0.05) is 44.7 Å². The molecule has 0 bridgehead atoms. The maximum atomic E-state index is 13.0. The molecule has 1 unspecified atom stereocenters. The molecule has 0 aromatic rings. The van der Waals surface area contributed by atoms with Crippen molar-refractivity contribution in [2.24, 2.45) is 0 Å². The third-order valence-electron chi connectivity index (χ3n) is 9.71. The molecule has 3 atom stereocenters. The van der Waals surface area contributed by atoms with Crippen LogP contribution in [-0.4, -0.2) is 72.6 Å². The lowest BCUT2D eigenvalue weighted by molar-refractivity contribution is -0.150. The number of carbonyl (C=O) groups is 2. The van der Waals surface area contributed by atoms with Gasteiger partial charge in [-0.2, -0.15) is 0 Å². The van der Waals surface area contributed by atoms with Crippen LogP contribution in [0, 0.1) is 0 Å². The van der Waals surface area contributed by atoms with Crippen LogP contribution in [0.3, 0.4) is 0 Å². The fourth-order valence-corrected chi connectivity index (χ4v) is 7.28. The SMILES string of the molecule is [2H]P([B][3H])SOC[C@@H](CN(CC[C@@H](CCCCCCC)OC(=O)CCCCCCCCCCC)COC)NC(=O)CCCCCCCCCCCCC. The van der Waals surface area contributed by atoms with Crippen molar-refractivity contribution < 1.29 is 23.2 Å². The molecule has 0 rings (SSSR count). The van der Waals surface area contributed by atoms with Crippen LogP contribution >= 0.6 is 19.3 Å². The molecule has 0 spiro atoms. The number of nitrogens with one attached hydrogen (secondary N) is 1. The van der Waals surface area contributed by atoms with Gasteiger partial charge in [-0.25, -0.2) is 0 Å². The minimum absolute atomic E-state index is 0.0208. The summed E-state index contributed by atoms with van der Waals surface area (Å²) >= 11 is 0.992. The summed E-state index contributed by atoms with van der Waals surface area (Å²) in [7, 11) is 1.33. The maximum absolute atomic E-state index is 13.0. The van der Waals surface area contributed by atoms with Crippen molar-refractivity contribution in [3.8, 4) is 0 Å². The highest BCUT2D eigenvalue weighted by Crippen LogP contribution is 2.24. The summed E-state index contributed by atoms with van der Waals surface area (Å²) in [5.74, 6) is -0.0617. The van der Waals surface area contributed by atoms with Crippen molar-refractivity contribution in [3.63, 3.8) is 0 Å².